The summed E-state index contributed by atoms with van der Waals surface area (Å²) < 4.78 is 6.54. The van der Waals surface area contributed by atoms with E-state index in [2.05, 4.69) is 26.6 Å². The normalized spacial score (nSPS) is 15.7. The van der Waals surface area contributed by atoms with Crippen LogP contribution >= 0.6 is 27.5 Å². The molecule has 0 saturated heterocycles. The van der Waals surface area contributed by atoms with Crippen molar-refractivity contribution in [2.24, 2.45) is 0 Å². The lowest BCUT2D eigenvalue weighted by Gasteiger charge is -2.16. The first-order valence-electron chi connectivity index (χ1n) is 8.27. The molecule has 0 bridgehead atoms. The molecular formula is C17H24BrClN2O2. The number of carbonyl (C=O) groups excluding carboxylic acids is 1. The van der Waals surface area contributed by atoms with Gasteiger partial charge in [0.1, 0.15) is 5.75 Å². The van der Waals surface area contributed by atoms with Crippen molar-refractivity contribution >= 4 is 33.6 Å². The van der Waals surface area contributed by atoms with Crippen molar-refractivity contribution in [2.75, 3.05) is 13.2 Å². The van der Waals surface area contributed by atoms with Crippen LogP contribution in [0.2, 0.25) is 5.02 Å². The highest BCUT2D eigenvalue weighted by atomic mass is 79.9. The Bertz CT molecular complexity index is 505. The van der Waals surface area contributed by atoms with Gasteiger partial charge in [-0.1, -0.05) is 53.2 Å². The quantitative estimate of drug-likeness (QED) is 0.524. The van der Waals surface area contributed by atoms with Crippen LogP contribution in [0.4, 0.5) is 4.79 Å². The minimum absolute atomic E-state index is 0.0708. The second-order valence-electron chi connectivity index (χ2n) is 5.87. The first-order chi connectivity index (χ1) is 11.1. The van der Waals surface area contributed by atoms with E-state index in [9.17, 15) is 4.79 Å². The molecule has 0 aliphatic heterocycles. The molecule has 0 heterocycles. The highest BCUT2D eigenvalue weighted by Crippen LogP contribution is 2.27. The molecule has 0 atom stereocenters. The Morgan fingerprint density at radius 3 is 2.70 bits per heavy atom. The number of ether oxygens (including phenoxy) is 1. The Labute approximate surface area is 151 Å². The number of rotatable bonds is 6. The molecule has 0 unspecified atom stereocenters. The van der Waals surface area contributed by atoms with Gasteiger partial charge in [-0.05, 0) is 37.5 Å². The lowest BCUT2D eigenvalue weighted by molar-refractivity contribution is 0.234. The van der Waals surface area contributed by atoms with Crippen LogP contribution in [0.25, 0.3) is 0 Å². The van der Waals surface area contributed by atoms with Gasteiger partial charge in [-0.25, -0.2) is 4.79 Å². The Kier molecular flexibility index (Phi) is 8.03. The van der Waals surface area contributed by atoms with E-state index in [4.69, 9.17) is 16.3 Å². The van der Waals surface area contributed by atoms with Crippen molar-refractivity contribution < 1.29 is 9.53 Å². The fraction of sp³-hybridized carbons (Fsp3) is 0.588. The van der Waals surface area contributed by atoms with Crippen molar-refractivity contribution in [3.8, 4) is 5.75 Å². The third-order valence-electron chi connectivity index (χ3n) is 3.95. The summed E-state index contributed by atoms with van der Waals surface area (Å²) in [5.74, 6) is 0.665. The van der Waals surface area contributed by atoms with Crippen LogP contribution < -0.4 is 15.4 Å². The van der Waals surface area contributed by atoms with Gasteiger partial charge >= 0.3 is 6.03 Å². The van der Waals surface area contributed by atoms with E-state index in [0.29, 0.717) is 30.0 Å². The fourth-order valence-corrected chi connectivity index (χ4v) is 3.44. The molecular weight excluding hydrogens is 380 g/mol. The molecule has 6 heteroatoms. The minimum atomic E-state index is -0.0708. The van der Waals surface area contributed by atoms with Gasteiger partial charge in [0, 0.05) is 17.1 Å². The largest absolute Gasteiger partial charge is 0.492 e. The summed E-state index contributed by atoms with van der Waals surface area (Å²) in [5.41, 5.74) is 0. The molecule has 1 aliphatic carbocycles. The predicted octanol–water partition coefficient (Wildman–Crippen LogP) is 4.89. The molecule has 2 amide bonds. The van der Waals surface area contributed by atoms with Gasteiger partial charge in [0.15, 0.2) is 0 Å². The molecule has 2 rings (SSSR count). The van der Waals surface area contributed by atoms with Gasteiger partial charge in [0.2, 0.25) is 0 Å². The molecule has 0 aromatic heterocycles. The topological polar surface area (TPSA) is 50.4 Å². The number of halogens is 2. The number of amides is 2. The van der Waals surface area contributed by atoms with Gasteiger partial charge in [-0.2, -0.15) is 0 Å². The number of hydrogen-bond donors (Lipinski definition) is 2. The fourth-order valence-electron chi connectivity index (χ4n) is 2.71. The molecule has 1 aromatic rings. The summed E-state index contributed by atoms with van der Waals surface area (Å²) in [6, 6.07) is 5.78. The SMILES string of the molecule is O=C(NCCCOc1ccc(Br)cc1Cl)NC1CCCCCC1. The molecule has 4 nitrogen and oxygen atoms in total. The molecule has 23 heavy (non-hydrogen) atoms. The zero-order chi connectivity index (χ0) is 16.5. The zero-order valence-electron chi connectivity index (χ0n) is 13.2. The summed E-state index contributed by atoms with van der Waals surface area (Å²) in [6.45, 7) is 1.11. The van der Waals surface area contributed by atoms with E-state index in [1.54, 1.807) is 6.07 Å². The number of carbonyl (C=O) groups is 1. The van der Waals surface area contributed by atoms with Crippen LogP contribution in [0, 0.1) is 0 Å². The summed E-state index contributed by atoms with van der Waals surface area (Å²) in [5, 5.41) is 6.54. The van der Waals surface area contributed by atoms with Crippen molar-refractivity contribution in [1.29, 1.82) is 0 Å². The maximum Gasteiger partial charge on any atom is 0.315 e. The second kappa shape index (κ2) is 10.0. The number of nitrogens with one attached hydrogen (secondary N) is 2. The third kappa shape index (κ3) is 7.00. The van der Waals surface area contributed by atoms with Gasteiger partial charge < -0.3 is 15.4 Å². The monoisotopic (exact) mass is 402 g/mol. The minimum Gasteiger partial charge on any atom is -0.492 e. The lowest BCUT2D eigenvalue weighted by atomic mass is 10.1. The molecule has 0 radical (unpaired) electrons. The molecule has 1 fully saturated rings. The van der Waals surface area contributed by atoms with Crippen LogP contribution in [-0.4, -0.2) is 25.2 Å². The van der Waals surface area contributed by atoms with Crippen LogP contribution in [0.3, 0.4) is 0 Å². The Balaban J connectivity index is 1.58. The molecule has 1 aliphatic rings. The van der Waals surface area contributed by atoms with E-state index < -0.39 is 0 Å². The van der Waals surface area contributed by atoms with Crippen molar-refractivity contribution in [3.05, 3.63) is 27.7 Å². The maximum atomic E-state index is 11.9. The van der Waals surface area contributed by atoms with Gasteiger partial charge in [-0.3, -0.25) is 0 Å². The van der Waals surface area contributed by atoms with Crippen LogP contribution in [0.5, 0.6) is 5.75 Å². The highest BCUT2D eigenvalue weighted by molar-refractivity contribution is 9.10. The van der Waals surface area contributed by atoms with E-state index in [0.717, 1.165) is 23.7 Å². The predicted molar refractivity (Wildman–Crippen MR) is 97.3 cm³/mol. The first kappa shape index (κ1) is 18.4. The summed E-state index contributed by atoms with van der Waals surface area (Å²) in [6.07, 6.45) is 7.94. The number of hydrogen-bond acceptors (Lipinski definition) is 2. The summed E-state index contributed by atoms with van der Waals surface area (Å²) in [7, 11) is 0. The van der Waals surface area contributed by atoms with Crippen molar-refractivity contribution in [3.63, 3.8) is 0 Å². The average Bonchev–Trinajstić information content (AvgIpc) is 2.77. The van der Waals surface area contributed by atoms with Crippen LogP contribution in [0.15, 0.2) is 22.7 Å². The second-order valence-corrected chi connectivity index (χ2v) is 7.19. The Hall–Kier alpha value is -0.940. The van der Waals surface area contributed by atoms with E-state index in [-0.39, 0.29) is 6.03 Å². The Morgan fingerprint density at radius 2 is 2.00 bits per heavy atom. The summed E-state index contributed by atoms with van der Waals surface area (Å²) >= 11 is 9.44. The van der Waals surface area contributed by atoms with E-state index in [1.165, 1.54) is 25.7 Å². The molecule has 128 valence electrons. The summed E-state index contributed by atoms with van der Waals surface area (Å²) in [4.78, 5) is 11.9. The van der Waals surface area contributed by atoms with Crippen molar-refractivity contribution in [2.45, 2.75) is 51.0 Å². The van der Waals surface area contributed by atoms with Gasteiger partial charge in [0.05, 0.1) is 11.6 Å². The molecule has 1 saturated carbocycles. The number of urea groups is 1. The van der Waals surface area contributed by atoms with Crippen LogP contribution in [0.1, 0.15) is 44.9 Å². The smallest absolute Gasteiger partial charge is 0.315 e. The maximum absolute atomic E-state index is 11.9. The van der Waals surface area contributed by atoms with Crippen molar-refractivity contribution in [1.82, 2.24) is 10.6 Å². The molecule has 1 aromatic carbocycles. The standard InChI is InChI=1S/C17H24BrClN2O2/c18-13-8-9-16(15(19)12-13)23-11-5-10-20-17(22)21-14-6-3-1-2-4-7-14/h8-9,12,14H,1-7,10-11H2,(H2,20,21,22). The van der Waals surface area contributed by atoms with Crippen LogP contribution in [-0.2, 0) is 0 Å². The Morgan fingerprint density at radius 1 is 1.26 bits per heavy atom. The van der Waals surface area contributed by atoms with E-state index >= 15 is 0 Å². The third-order valence-corrected chi connectivity index (χ3v) is 4.74. The number of benzene rings is 1. The first-order valence-corrected chi connectivity index (χ1v) is 9.44. The average molecular weight is 404 g/mol. The molecule has 2 N–H and O–H groups in total. The van der Waals surface area contributed by atoms with Gasteiger partial charge in [0.25, 0.3) is 0 Å². The highest BCUT2D eigenvalue weighted by Gasteiger charge is 2.14. The lowest BCUT2D eigenvalue weighted by Crippen LogP contribution is -2.42. The molecule has 0 spiro atoms. The van der Waals surface area contributed by atoms with Gasteiger partial charge in [-0.15, -0.1) is 0 Å². The van der Waals surface area contributed by atoms with E-state index in [1.807, 2.05) is 12.1 Å². The zero-order valence-corrected chi connectivity index (χ0v) is 15.6.